The Hall–Kier alpha value is -2.15. The van der Waals surface area contributed by atoms with Crippen molar-refractivity contribution < 1.29 is 5.11 Å². The zero-order valence-electron chi connectivity index (χ0n) is 20.0. The van der Waals surface area contributed by atoms with Crippen molar-refractivity contribution in [2.45, 2.75) is 46.3 Å². The van der Waals surface area contributed by atoms with E-state index < -0.39 is 0 Å². The van der Waals surface area contributed by atoms with Crippen molar-refractivity contribution in [1.82, 2.24) is 14.9 Å². The van der Waals surface area contributed by atoms with Crippen LogP contribution in [0.4, 0.5) is 11.6 Å². The number of benzene rings is 1. The van der Waals surface area contributed by atoms with Crippen molar-refractivity contribution in [3.8, 4) is 0 Å². The first-order valence-electron chi connectivity index (χ1n) is 12.0. The van der Waals surface area contributed by atoms with Crippen LogP contribution in [-0.4, -0.2) is 58.8 Å². The van der Waals surface area contributed by atoms with Gasteiger partial charge in [0.25, 0.3) is 0 Å². The molecule has 0 amide bonds. The summed E-state index contributed by atoms with van der Waals surface area (Å²) >= 11 is 6.10. The molecular weight excluding hydrogens is 434 g/mol. The van der Waals surface area contributed by atoms with E-state index in [0.29, 0.717) is 18.4 Å². The van der Waals surface area contributed by atoms with E-state index in [1.807, 2.05) is 38.2 Å². The van der Waals surface area contributed by atoms with E-state index in [1.165, 1.54) is 18.4 Å². The lowest BCUT2D eigenvalue weighted by atomic mass is 9.80. The fourth-order valence-electron chi connectivity index (χ4n) is 5.02. The summed E-state index contributed by atoms with van der Waals surface area (Å²) in [6.45, 7) is 15.7. The minimum absolute atomic E-state index is 0.258. The fourth-order valence-corrected chi connectivity index (χ4v) is 5.24. The van der Waals surface area contributed by atoms with Crippen LogP contribution in [0, 0.1) is 18.8 Å². The first kappa shape index (κ1) is 24.0. The Morgan fingerprint density at radius 1 is 1.30 bits per heavy atom. The number of β-amino-alcohol motifs (C(OH)–C–C–N with tert-alkyl or cyclic N) is 1. The Kier molecular flexibility index (Phi) is 7.57. The number of anilines is 2. The average Bonchev–Trinajstić information content (AvgIpc) is 2.72. The molecule has 0 aliphatic carbocycles. The van der Waals surface area contributed by atoms with Crippen molar-refractivity contribution in [1.29, 1.82) is 0 Å². The minimum Gasteiger partial charge on any atom is -0.392 e. The third-order valence-electron chi connectivity index (χ3n) is 6.88. The maximum atomic E-state index is 9.74. The topological polar surface area (TPSA) is 64.5 Å². The van der Waals surface area contributed by atoms with Crippen molar-refractivity contribution in [3.05, 3.63) is 52.8 Å². The Balaban J connectivity index is 1.40. The molecule has 0 saturated carbocycles. The Labute approximate surface area is 202 Å². The first-order valence-corrected chi connectivity index (χ1v) is 12.3. The van der Waals surface area contributed by atoms with Gasteiger partial charge in [-0.3, -0.25) is 0 Å². The Morgan fingerprint density at radius 3 is 2.79 bits per heavy atom. The third kappa shape index (κ3) is 5.86. The highest BCUT2D eigenvalue weighted by atomic mass is 35.5. The van der Waals surface area contributed by atoms with Crippen LogP contribution in [0.5, 0.6) is 0 Å². The zero-order chi connectivity index (χ0) is 23.5. The van der Waals surface area contributed by atoms with Crippen molar-refractivity contribution in [3.63, 3.8) is 0 Å². The second kappa shape index (κ2) is 10.4. The van der Waals surface area contributed by atoms with Gasteiger partial charge in [-0.2, -0.15) is 0 Å². The summed E-state index contributed by atoms with van der Waals surface area (Å²) in [6.07, 6.45) is 4.12. The van der Waals surface area contributed by atoms with Crippen LogP contribution >= 0.6 is 11.6 Å². The average molecular weight is 470 g/mol. The highest BCUT2D eigenvalue weighted by molar-refractivity contribution is 6.30. The second-order valence-electron chi connectivity index (χ2n) is 9.81. The van der Waals surface area contributed by atoms with Crippen LogP contribution < -0.4 is 10.2 Å². The largest absolute Gasteiger partial charge is 0.392 e. The number of piperidine rings is 1. The first-order chi connectivity index (χ1) is 15.8. The number of rotatable bonds is 8. The quantitative estimate of drug-likeness (QED) is 0.588. The molecule has 0 spiro atoms. The van der Waals surface area contributed by atoms with Gasteiger partial charge in [0.05, 0.1) is 12.3 Å². The van der Waals surface area contributed by atoms with E-state index in [2.05, 4.69) is 33.6 Å². The molecular formula is C26H36ClN5O. The molecule has 3 heterocycles. The van der Waals surface area contributed by atoms with E-state index in [4.69, 9.17) is 16.6 Å². The van der Waals surface area contributed by atoms with Crippen molar-refractivity contribution in [2.75, 3.05) is 42.9 Å². The highest BCUT2D eigenvalue weighted by Crippen LogP contribution is 2.34. The number of nitrogens with zero attached hydrogens (tertiary/aromatic N) is 4. The normalized spacial score (nSPS) is 20.4. The maximum Gasteiger partial charge on any atom is 0.154 e. The van der Waals surface area contributed by atoms with Crippen LogP contribution in [0.2, 0.25) is 5.02 Å². The van der Waals surface area contributed by atoms with Gasteiger partial charge in [0.1, 0.15) is 11.5 Å². The number of aliphatic hydroxyl groups excluding tert-OH is 1. The van der Waals surface area contributed by atoms with E-state index in [0.717, 1.165) is 66.2 Å². The van der Waals surface area contributed by atoms with Crippen LogP contribution in [0.25, 0.3) is 5.57 Å². The molecule has 2 aliphatic rings. The van der Waals surface area contributed by atoms with Gasteiger partial charge in [-0.05, 0) is 80.8 Å². The molecule has 4 rings (SSSR count). The number of aliphatic hydroxyl groups is 1. The molecule has 2 aliphatic heterocycles. The predicted molar refractivity (Wildman–Crippen MR) is 137 cm³/mol. The molecule has 2 N–H and O–H groups in total. The van der Waals surface area contributed by atoms with Gasteiger partial charge in [0, 0.05) is 37.7 Å². The van der Waals surface area contributed by atoms with Gasteiger partial charge in [-0.1, -0.05) is 24.2 Å². The third-order valence-corrected chi connectivity index (χ3v) is 7.11. The minimum atomic E-state index is -0.258. The summed E-state index contributed by atoms with van der Waals surface area (Å²) < 4.78 is 0. The summed E-state index contributed by atoms with van der Waals surface area (Å²) in [6, 6.07) is 5.95. The number of hydrogen-bond acceptors (Lipinski definition) is 6. The highest BCUT2D eigenvalue weighted by Gasteiger charge is 2.36. The van der Waals surface area contributed by atoms with Gasteiger partial charge in [-0.15, -0.1) is 0 Å². The summed E-state index contributed by atoms with van der Waals surface area (Å²) in [7, 11) is 0. The van der Waals surface area contributed by atoms with Gasteiger partial charge in [0.2, 0.25) is 0 Å². The maximum absolute atomic E-state index is 9.74. The van der Waals surface area contributed by atoms with Crippen LogP contribution in [0.15, 0.2) is 31.0 Å². The number of aromatic nitrogens is 2. The zero-order valence-corrected chi connectivity index (χ0v) is 20.8. The lowest BCUT2D eigenvalue weighted by molar-refractivity contribution is 0.0725. The lowest BCUT2D eigenvalue weighted by Crippen LogP contribution is -2.54. The van der Waals surface area contributed by atoms with Crippen LogP contribution in [-0.2, 0) is 6.54 Å². The molecule has 1 aromatic heterocycles. The molecule has 2 atom stereocenters. The summed E-state index contributed by atoms with van der Waals surface area (Å²) in [4.78, 5) is 14.4. The number of nitrogens with one attached hydrogen (secondary N) is 1. The Morgan fingerprint density at radius 2 is 2.09 bits per heavy atom. The Bertz CT molecular complexity index is 989. The van der Waals surface area contributed by atoms with E-state index in [-0.39, 0.29) is 6.10 Å². The molecule has 7 heteroatoms. The van der Waals surface area contributed by atoms with Crippen molar-refractivity contribution in [2.24, 2.45) is 11.8 Å². The number of halogens is 1. The molecule has 0 radical (unpaired) electrons. The van der Waals surface area contributed by atoms with E-state index in [9.17, 15) is 5.11 Å². The molecule has 1 aromatic carbocycles. The van der Waals surface area contributed by atoms with Gasteiger partial charge in [-0.25, -0.2) is 9.97 Å². The second-order valence-corrected chi connectivity index (χ2v) is 10.2. The van der Waals surface area contributed by atoms with Crippen molar-refractivity contribution >= 4 is 28.8 Å². The van der Waals surface area contributed by atoms with Gasteiger partial charge >= 0.3 is 0 Å². The standard InChI is InChI=1S/C26H36ClN5O/c1-17(2)25-26(29-11-20-7-8-23(27)10-18(20)3)30-24(12-28-25)32-15-22(16-32)21-6-5-9-31(14-21)13-19(4)33/h7-8,10,12,19,21-22,33H,1,5-6,9,11,13-16H2,2-4H3,(H,29,30). The molecule has 2 fully saturated rings. The molecule has 2 aromatic rings. The molecule has 178 valence electrons. The summed E-state index contributed by atoms with van der Waals surface area (Å²) in [5.74, 6) is 3.07. The van der Waals surface area contributed by atoms with Crippen LogP contribution in [0.1, 0.15) is 43.5 Å². The molecule has 0 bridgehead atoms. The van der Waals surface area contributed by atoms with E-state index in [1.54, 1.807) is 0 Å². The van der Waals surface area contributed by atoms with Gasteiger partial charge in [0.15, 0.2) is 5.82 Å². The predicted octanol–water partition coefficient (Wildman–Crippen LogP) is 4.61. The SMILES string of the molecule is C=C(C)c1ncc(N2CC(C3CCCN(CC(C)O)C3)C2)nc1NCc1ccc(Cl)cc1C. The van der Waals surface area contributed by atoms with Gasteiger partial charge < -0.3 is 20.2 Å². The summed E-state index contributed by atoms with van der Waals surface area (Å²) in [5, 5.41) is 14.0. The van der Waals surface area contributed by atoms with E-state index >= 15 is 0 Å². The number of hydrogen-bond donors (Lipinski definition) is 2. The summed E-state index contributed by atoms with van der Waals surface area (Å²) in [5.41, 5.74) is 4.04. The molecule has 33 heavy (non-hydrogen) atoms. The lowest BCUT2D eigenvalue weighted by Gasteiger charge is -2.47. The molecule has 2 unspecified atom stereocenters. The van der Waals surface area contributed by atoms with Crippen LogP contribution in [0.3, 0.4) is 0 Å². The smallest absolute Gasteiger partial charge is 0.154 e. The fraction of sp³-hybridized carbons (Fsp3) is 0.538. The number of allylic oxidation sites excluding steroid dienone is 1. The monoisotopic (exact) mass is 469 g/mol. The number of likely N-dealkylation sites (tertiary alicyclic amines) is 1. The number of aryl methyl sites for hydroxylation is 1. The molecule has 2 saturated heterocycles. The molecule has 6 nitrogen and oxygen atoms in total.